The quantitative estimate of drug-likeness (QED) is 0.482. The van der Waals surface area contributed by atoms with Crippen molar-refractivity contribution < 1.29 is 9.53 Å². The van der Waals surface area contributed by atoms with E-state index in [1.165, 1.54) is 4.88 Å². The minimum Gasteiger partial charge on any atom is -0.447 e. The first kappa shape index (κ1) is 20.3. The number of rotatable bonds is 3. The number of allylic oxidation sites excluding steroid dienone is 1. The summed E-state index contributed by atoms with van der Waals surface area (Å²) in [7, 11) is 0. The van der Waals surface area contributed by atoms with Crippen molar-refractivity contribution in [2.75, 3.05) is 6.61 Å². The van der Waals surface area contributed by atoms with Gasteiger partial charge in [0.25, 0.3) is 0 Å². The van der Waals surface area contributed by atoms with E-state index in [2.05, 4.69) is 38.3 Å². The molecular formula is C25H24N2O2S. The lowest BCUT2D eigenvalue weighted by Crippen LogP contribution is -2.28. The van der Waals surface area contributed by atoms with Gasteiger partial charge >= 0.3 is 5.97 Å². The molecule has 0 N–H and O–H groups in total. The summed E-state index contributed by atoms with van der Waals surface area (Å²) in [6.07, 6.45) is 3.87. The van der Waals surface area contributed by atoms with Gasteiger partial charge in [-0.25, -0.2) is 9.78 Å². The van der Waals surface area contributed by atoms with E-state index in [1.807, 2.05) is 36.4 Å². The Hall–Kier alpha value is -2.97. The molecule has 0 aliphatic heterocycles. The molecular weight excluding hydrogens is 392 g/mol. The van der Waals surface area contributed by atoms with Crippen LogP contribution in [0.15, 0.2) is 41.8 Å². The fourth-order valence-corrected chi connectivity index (χ4v) is 4.77. The summed E-state index contributed by atoms with van der Waals surface area (Å²) in [5.41, 5.74) is 4.37. The highest BCUT2D eigenvalue weighted by Gasteiger charge is 2.35. The van der Waals surface area contributed by atoms with Gasteiger partial charge in [-0.15, -0.1) is 11.3 Å². The van der Waals surface area contributed by atoms with Gasteiger partial charge in [0.2, 0.25) is 0 Å². The Morgan fingerprint density at radius 1 is 1.27 bits per heavy atom. The number of benzene rings is 1. The summed E-state index contributed by atoms with van der Waals surface area (Å²) < 4.78 is 5.27. The number of nitrogens with zero attached hydrogens (tertiary/aromatic N) is 2. The van der Waals surface area contributed by atoms with E-state index in [1.54, 1.807) is 11.3 Å². The lowest BCUT2D eigenvalue weighted by atomic mass is 9.69. The number of para-hydroxylation sites is 1. The molecule has 2 heterocycles. The van der Waals surface area contributed by atoms with Gasteiger partial charge in [-0.1, -0.05) is 45.0 Å². The highest BCUT2D eigenvalue weighted by atomic mass is 32.1. The molecule has 0 radical (unpaired) electrons. The third kappa shape index (κ3) is 3.88. The Bertz CT molecular complexity index is 1160. The lowest BCUT2D eigenvalue weighted by molar-refractivity contribution is 0.0555. The van der Waals surface area contributed by atoms with E-state index in [-0.39, 0.29) is 12.0 Å². The second-order valence-electron chi connectivity index (χ2n) is 8.72. The second kappa shape index (κ2) is 8.04. The topological polar surface area (TPSA) is 63.0 Å². The summed E-state index contributed by atoms with van der Waals surface area (Å²) in [4.78, 5) is 19.2. The molecule has 4 nitrogen and oxygen atoms in total. The van der Waals surface area contributed by atoms with Crippen LogP contribution >= 0.6 is 11.3 Å². The Morgan fingerprint density at radius 3 is 2.77 bits per heavy atom. The zero-order valence-corrected chi connectivity index (χ0v) is 18.3. The average molecular weight is 417 g/mol. The Labute approximate surface area is 180 Å². The van der Waals surface area contributed by atoms with Crippen LogP contribution in [0.1, 0.15) is 53.7 Å². The summed E-state index contributed by atoms with van der Waals surface area (Å²) in [6, 6.07) is 13.7. The van der Waals surface area contributed by atoms with Crippen LogP contribution in [0.5, 0.6) is 0 Å². The minimum absolute atomic E-state index is 0.0751. The maximum Gasteiger partial charge on any atom is 0.340 e. The number of carbonyl (C=O) groups is 1. The monoisotopic (exact) mass is 416 g/mol. The van der Waals surface area contributed by atoms with E-state index in [4.69, 9.17) is 15.0 Å². The van der Waals surface area contributed by atoms with E-state index < -0.39 is 5.97 Å². The third-order valence-electron chi connectivity index (χ3n) is 5.77. The molecule has 3 aromatic rings. The highest BCUT2D eigenvalue weighted by molar-refractivity contribution is 7.10. The minimum atomic E-state index is -0.448. The standard InChI is InChI=1S/C25H24N2O2S/c1-25(2,3)17-13-16(14-18-7-6-12-30-18)23-20(15-17)22(24(28)29-11-10-26)19-8-4-5-9-21(19)27-23/h4-9,12,14,17H,11,13,15H2,1-3H3. The van der Waals surface area contributed by atoms with Crippen LogP contribution in [0, 0.1) is 22.7 Å². The van der Waals surface area contributed by atoms with Crippen LogP contribution in [-0.4, -0.2) is 17.6 Å². The number of aromatic nitrogens is 1. The van der Waals surface area contributed by atoms with E-state index >= 15 is 0 Å². The number of ether oxygens (including phenoxy) is 1. The van der Waals surface area contributed by atoms with E-state index in [0.29, 0.717) is 11.5 Å². The molecule has 1 aliphatic rings. The van der Waals surface area contributed by atoms with Gasteiger partial charge in [0.1, 0.15) is 6.07 Å². The fourth-order valence-electron chi connectivity index (χ4n) is 4.08. The molecule has 1 aliphatic carbocycles. The fraction of sp³-hybridized carbons (Fsp3) is 0.320. The smallest absolute Gasteiger partial charge is 0.340 e. The van der Waals surface area contributed by atoms with E-state index in [9.17, 15) is 4.79 Å². The molecule has 1 atom stereocenters. The van der Waals surface area contributed by atoms with Crippen LogP contribution in [-0.2, 0) is 11.2 Å². The Kier molecular flexibility index (Phi) is 5.44. The predicted molar refractivity (Wildman–Crippen MR) is 121 cm³/mol. The molecule has 152 valence electrons. The van der Waals surface area contributed by atoms with Crippen molar-refractivity contribution >= 4 is 39.9 Å². The van der Waals surface area contributed by atoms with Crippen molar-refractivity contribution in [1.82, 2.24) is 4.98 Å². The Morgan fingerprint density at radius 2 is 2.07 bits per heavy atom. The molecule has 0 amide bonds. The number of fused-ring (bicyclic) bond motifs is 2. The normalized spacial score (nSPS) is 17.5. The molecule has 5 heteroatoms. The van der Waals surface area contributed by atoms with Crippen molar-refractivity contribution in [1.29, 1.82) is 5.26 Å². The molecule has 0 saturated carbocycles. The number of esters is 1. The largest absolute Gasteiger partial charge is 0.447 e. The van der Waals surface area contributed by atoms with Crippen LogP contribution in [0.3, 0.4) is 0 Å². The molecule has 2 aromatic heterocycles. The van der Waals surface area contributed by atoms with Gasteiger partial charge in [-0.05, 0) is 58.9 Å². The maximum absolute atomic E-state index is 13.1. The van der Waals surface area contributed by atoms with Crippen molar-refractivity contribution in [2.24, 2.45) is 11.3 Å². The number of carbonyl (C=O) groups excluding carboxylic acids is 1. The predicted octanol–water partition coefficient (Wildman–Crippen LogP) is 6.13. The van der Waals surface area contributed by atoms with Crippen LogP contribution in [0.4, 0.5) is 0 Å². The first-order valence-electron chi connectivity index (χ1n) is 10.1. The van der Waals surface area contributed by atoms with Crippen LogP contribution in [0.2, 0.25) is 0 Å². The van der Waals surface area contributed by atoms with Crippen molar-refractivity contribution in [3.05, 3.63) is 63.5 Å². The number of hydrogen-bond acceptors (Lipinski definition) is 5. The number of thiophene rings is 1. The first-order valence-corrected chi connectivity index (χ1v) is 11.0. The van der Waals surface area contributed by atoms with Crippen LogP contribution in [0.25, 0.3) is 22.6 Å². The summed E-state index contributed by atoms with van der Waals surface area (Å²) in [6.45, 7) is 6.47. The van der Waals surface area contributed by atoms with Gasteiger partial charge in [-0.3, -0.25) is 0 Å². The maximum atomic E-state index is 13.1. The molecule has 0 fully saturated rings. The van der Waals surface area contributed by atoms with Gasteiger partial charge in [0.05, 0.1) is 16.8 Å². The van der Waals surface area contributed by atoms with Crippen molar-refractivity contribution in [3.63, 3.8) is 0 Å². The highest BCUT2D eigenvalue weighted by Crippen LogP contribution is 2.45. The van der Waals surface area contributed by atoms with Gasteiger partial charge in [0.15, 0.2) is 6.61 Å². The zero-order valence-electron chi connectivity index (χ0n) is 17.4. The SMILES string of the molecule is CC(C)(C)C1CC(=Cc2cccs2)c2nc3ccccc3c(C(=O)OCC#N)c2C1. The van der Waals surface area contributed by atoms with E-state index in [0.717, 1.165) is 40.6 Å². The third-order valence-corrected chi connectivity index (χ3v) is 6.59. The molecule has 4 rings (SSSR count). The van der Waals surface area contributed by atoms with Crippen molar-refractivity contribution in [2.45, 2.75) is 33.6 Å². The zero-order chi connectivity index (χ0) is 21.3. The van der Waals surface area contributed by atoms with Crippen molar-refractivity contribution in [3.8, 4) is 6.07 Å². The van der Waals surface area contributed by atoms with Gasteiger partial charge in [-0.2, -0.15) is 5.26 Å². The molecule has 1 aromatic carbocycles. The lowest BCUT2D eigenvalue weighted by Gasteiger charge is -2.36. The average Bonchev–Trinajstić information content (AvgIpc) is 3.22. The van der Waals surface area contributed by atoms with Gasteiger partial charge < -0.3 is 4.74 Å². The molecule has 0 spiro atoms. The second-order valence-corrected chi connectivity index (χ2v) is 9.70. The Balaban J connectivity index is 1.98. The summed E-state index contributed by atoms with van der Waals surface area (Å²) in [5.74, 6) is -0.0851. The summed E-state index contributed by atoms with van der Waals surface area (Å²) >= 11 is 1.69. The summed E-state index contributed by atoms with van der Waals surface area (Å²) in [5, 5.41) is 11.7. The van der Waals surface area contributed by atoms with Gasteiger partial charge in [0, 0.05) is 10.3 Å². The van der Waals surface area contributed by atoms with Crippen LogP contribution < -0.4 is 0 Å². The number of pyridine rings is 1. The molecule has 0 saturated heterocycles. The molecule has 1 unspecified atom stereocenters. The number of nitriles is 1. The molecule has 0 bridgehead atoms. The first-order chi connectivity index (χ1) is 14.4. The molecule has 30 heavy (non-hydrogen) atoms. The number of hydrogen-bond donors (Lipinski definition) is 0.